The van der Waals surface area contributed by atoms with E-state index in [1.54, 1.807) is 0 Å². The summed E-state index contributed by atoms with van der Waals surface area (Å²) in [7, 11) is 0. The molecule has 0 amide bonds. The Bertz CT molecular complexity index is 1750. The molecule has 0 saturated heterocycles. The molecular weight excluding hydrogens is 450 g/mol. The van der Waals surface area contributed by atoms with Crippen LogP contribution in [0.1, 0.15) is 11.1 Å². The van der Waals surface area contributed by atoms with E-state index in [4.69, 9.17) is 0 Å². The zero-order chi connectivity index (χ0) is 25.2. The van der Waals surface area contributed by atoms with Crippen molar-refractivity contribution in [2.24, 2.45) is 0 Å². The van der Waals surface area contributed by atoms with E-state index in [0.29, 0.717) is 11.1 Å². The first-order chi connectivity index (χ1) is 18.2. The van der Waals surface area contributed by atoms with Crippen LogP contribution in [-0.4, -0.2) is 0 Å². The Morgan fingerprint density at radius 2 is 0.865 bits per heavy atom. The molecule has 0 aliphatic rings. The third kappa shape index (κ3) is 4.06. The molecule has 0 heterocycles. The Labute approximate surface area is 215 Å². The summed E-state index contributed by atoms with van der Waals surface area (Å²) < 4.78 is 0. The van der Waals surface area contributed by atoms with Gasteiger partial charge in [-0.15, -0.1) is 0 Å². The molecule has 3 heteroatoms. The van der Waals surface area contributed by atoms with Crippen LogP contribution in [0.4, 0.5) is 11.4 Å². The topological polar surface area (TPSA) is 59.6 Å². The Hall–Kier alpha value is -5.38. The molecule has 172 valence electrons. The van der Waals surface area contributed by atoms with Crippen molar-refractivity contribution in [2.75, 3.05) is 5.32 Å². The maximum atomic E-state index is 9.52. The number of rotatable bonds is 4. The van der Waals surface area contributed by atoms with E-state index in [-0.39, 0.29) is 0 Å². The molecule has 37 heavy (non-hydrogen) atoms. The van der Waals surface area contributed by atoms with E-state index in [9.17, 15) is 10.5 Å². The van der Waals surface area contributed by atoms with Crippen LogP contribution >= 0.6 is 0 Å². The van der Waals surface area contributed by atoms with E-state index in [2.05, 4.69) is 66.0 Å². The molecule has 0 aromatic heterocycles. The van der Waals surface area contributed by atoms with Crippen molar-refractivity contribution in [1.82, 2.24) is 0 Å². The second kappa shape index (κ2) is 9.34. The van der Waals surface area contributed by atoms with Crippen LogP contribution in [0, 0.1) is 22.7 Å². The fraction of sp³-hybridized carbons (Fsp3) is 0. The first kappa shape index (κ1) is 22.1. The molecule has 0 saturated carbocycles. The van der Waals surface area contributed by atoms with Gasteiger partial charge >= 0.3 is 0 Å². The van der Waals surface area contributed by atoms with Gasteiger partial charge in [-0.05, 0) is 69.4 Å². The van der Waals surface area contributed by atoms with Crippen LogP contribution < -0.4 is 5.32 Å². The summed E-state index contributed by atoms with van der Waals surface area (Å²) in [6.07, 6.45) is 0. The minimum Gasteiger partial charge on any atom is -0.355 e. The molecular formula is C34H21N3. The number of nitriles is 2. The number of nitrogens with zero attached hydrogens (tertiary/aromatic N) is 2. The van der Waals surface area contributed by atoms with Gasteiger partial charge in [0.1, 0.15) is 0 Å². The van der Waals surface area contributed by atoms with Crippen LogP contribution in [0.3, 0.4) is 0 Å². The molecule has 0 bridgehead atoms. The standard InChI is InChI=1S/C34H21N3/c35-21-25-15-17-31(33-13-3-1-11-29(25)33)23-7-5-9-27(19-23)37-28-10-6-8-24(20-28)32-18-16-26(22-36)30-12-2-4-14-34(30)32/h1-20,37H. The second-order valence-corrected chi connectivity index (χ2v) is 8.92. The molecule has 1 N–H and O–H groups in total. The fourth-order valence-electron chi connectivity index (χ4n) is 4.99. The molecule has 0 fully saturated rings. The molecule has 0 aliphatic carbocycles. The highest BCUT2D eigenvalue weighted by Gasteiger charge is 2.10. The number of nitrogens with one attached hydrogen (secondary N) is 1. The van der Waals surface area contributed by atoms with Gasteiger partial charge < -0.3 is 5.32 Å². The molecule has 0 spiro atoms. The minimum atomic E-state index is 0.681. The van der Waals surface area contributed by atoms with Crippen LogP contribution in [0.25, 0.3) is 43.8 Å². The lowest BCUT2D eigenvalue weighted by Gasteiger charge is -2.13. The van der Waals surface area contributed by atoms with Crippen molar-refractivity contribution in [1.29, 1.82) is 10.5 Å². The van der Waals surface area contributed by atoms with Crippen LogP contribution in [0.5, 0.6) is 0 Å². The summed E-state index contributed by atoms with van der Waals surface area (Å²) in [6.45, 7) is 0. The number of anilines is 2. The lowest BCUT2D eigenvalue weighted by Crippen LogP contribution is -1.92. The van der Waals surface area contributed by atoms with E-state index in [0.717, 1.165) is 55.2 Å². The third-order valence-electron chi connectivity index (χ3n) is 6.72. The zero-order valence-electron chi connectivity index (χ0n) is 19.9. The SMILES string of the molecule is N#Cc1ccc(-c2cccc(Nc3cccc(-c4ccc(C#N)c5ccccc45)c3)c2)c2ccccc12. The second-order valence-electron chi connectivity index (χ2n) is 8.92. The summed E-state index contributed by atoms with van der Waals surface area (Å²) in [5.74, 6) is 0. The Morgan fingerprint density at radius 3 is 1.30 bits per heavy atom. The molecule has 0 atom stereocenters. The van der Waals surface area contributed by atoms with E-state index < -0.39 is 0 Å². The van der Waals surface area contributed by atoms with Crippen LogP contribution in [-0.2, 0) is 0 Å². The number of benzene rings is 6. The van der Waals surface area contributed by atoms with Crippen molar-refractivity contribution in [3.05, 3.63) is 132 Å². The smallest absolute Gasteiger partial charge is 0.0998 e. The highest BCUT2D eigenvalue weighted by Crippen LogP contribution is 2.34. The maximum Gasteiger partial charge on any atom is 0.0998 e. The largest absolute Gasteiger partial charge is 0.355 e. The summed E-state index contributed by atoms with van der Waals surface area (Å²) in [5, 5.41) is 26.7. The van der Waals surface area contributed by atoms with E-state index in [1.165, 1.54) is 0 Å². The summed E-state index contributed by atoms with van der Waals surface area (Å²) in [4.78, 5) is 0. The fourth-order valence-corrected chi connectivity index (χ4v) is 4.99. The molecule has 3 nitrogen and oxygen atoms in total. The van der Waals surface area contributed by atoms with Crippen LogP contribution in [0.15, 0.2) is 121 Å². The number of hydrogen-bond acceptors (Lipinski definition) is 3. The predicted octanol–water partition coefficient (Wildman–Crippen LogP) is 8.81. The highest BCUT2D eigenvalue weighted by molar-refractivity contribution is 6.01. The van der Waals surface area contributed by atoms with E-state index >= 15 is 0 Å². The van der Waals surface area contributed by atoms with Gasteiger partial charge in [-0.1, -0.05) is 84.9 Å². The molecule has 0 aliphatic heterocycles. The van der Waals surface area contributed by atoms with Gasteiger partial charge in [0, 0.05) is 22.1 Å². The normalized spacial score (nSPS) is 10.6. The average Bonchev–Trinajstić information content (AvgIpc) is 2.96. The summed E-state index contributed by atoms with van der Waals surface area (Å²) in [5.41, 5.74) is 7.68. The van der Waals surface area contributed by atoms with Gasteiger partial charge in [-0.3, -0.25) is 0 Å². The number of hydrogen-bond donors (Lipinski definition) is 1. The van der Waals surface area contributed by atoms with Crippen molar-refractivity contribution >= 4 is 32.9 Å². The van der Waals surface area contributed by atoms with Crippen molar-refractivity contribution in [3.63, 3.8) is 0 Å². The van der Waals surface area contributed by atoms with Gasteiger partial charge in [0.05, 0.1) is 23.3 Å². The monoisotopic (exact) mass is 471 g/mol. The minimum absolute atomic E-state index is 0.681. The first-order valence-electron chi connectivity index (χ1n) is 12.1. The third-order valence-corrected chi connectivity index (χ3v) is 6.72. The molecule has 0 unspecified atom stereocenters. The maximum absolute atomic E-state index is 9.52. The average molecular weight is 472 g/mol. The van der Waals surface area contributed by atoms with Crippen molar-refractivity contribution in [2.45, 2.75) is 0 Å². The van der Waals surface area contributed by atoms with E-state index in [1.807, 2.05) is 72.8 Å². The van der Waals surface area contributed by atoms with Crippen LogP contribution in [0.2, 0.25) is 0 Å². The van der Waals surface area contributed by atoms with Gasteiger partial charge in [0.2, 0.25) is 0 Å². The first-order valence-corrected chi connectivity index (χ1v) is 12.1. The predicted molar refractivity (Wildman–Crippen MR) is 151 cm³/mol. The molecule has 6 aromatic carbocycles. The van der Waals surface area contributed by atoms with Crippen molar-refractivity contribution < 1.29 is 0 Å². The molecule has 0 radical (unpaired) electrons. The summed E-state index contributed by atoms with van der Waals surface area (Å²) in [6, 6.07) is 45.2. The highest BCUT2D eigenvalue weighted by atomic mass is 14.9. The van der Waals surface area contributed by atoms with Gasteiger partial charge in [-0.25, -0.2) is 0 Å². The van der Waals surface area contributed by atoms with Gasteiger partial charge in [-0.2, -0.15) is 10.5 Å². The Kier molecular flexibility index (Phi) is 5.58. The molecule has 6 rings (SSSR count). The van der Waals surface area contributed by atoms with Gasteiger partial charge in [0.15, 0.2) is 0 Å². The number of fused-ring (bicyclic) bond motifs is 2. The quantitative estimate of drug-likeness (QED) is 0.279. The Morgan fingerprint density at radius 1 is 0.432 bits per heavy atom. The lowest BCUT2D eigenvalue weighted by molar-refractivity contribution is 1.50. The Balaban J connectivity index is 1.37. The summed E-state index contributed by atoms with van der Waals surface area (Å²) >= 11 is 0. The molecule has 6 aromatic rings. The van der Waals surface area contributed by atoms with Crippen molar-refractivity contribution in [3.8, 4) is 34.4 Å². The lowest BCUT2D eigenvalue weighted by atomic mass is 9.95. The zero-order valence-corrected chi connectivity index (χ0v) is 19.9. The van der Waals surface area contributed by atoms with Gasteiger partial charge in [0.25, 0.3) is 0 Å².